The summed E-state index contributed by atoms with van der Waals surface area (Å²) in [6.45, 7) is 1.81. The van der Waals surface area contributed by atoms with Crippen molar-refractivity contribution in [3.05, 3.63) is 17.3 Å². The standard InChI is InChI=1S/C10H11N3O3/c1-5-6-4-7(10(14)15)9(16-3)11-8(6)13(2)12-5/h4H,1-3H3,(H,14,15). The Hall–Kier alpha value is -2.11. The van der Waals surface area contributed by atoms with Crippen molar-refractivity contribution in [2.45, 2.75) is 6.92 Å². The molecule has 2 aromatic heterocycles. The van der Waals surface area contributed by atoms with Gasteiger partial charge in [0.05, 0.1) is 12.8 Å². The van der Waals surface area contributed by atoms with Gasteiger partial charge in [-0.15, -0.1) is 0 Å². The highest BCUT2D eigenvalue weighted by Crippen LogP contribution is 2.23. The molecule has 0 aliphatic rings. The molecule has 0 aromatic carbocycles. The minimum absolute atomic E-state index is 0.0473. The Morgan fingerprint density at radius 3 is 2.81 bits per heavy atom. The third kappa shape index (κ3) is 1.39. The zero-order valence-electron chi connectivity index (χ0n) is 9.18. The molecule has 6 nitrogen and oxygen atoms in total. The summed E-state index contributed by atoms with van der Waals surface area (Å²) in [6.07, 6.45) is 0. The van der Waals surface area contributed by atoms with Crippen LogP contribution in [0.4, 0.5) is 0 Å². The molecule has 2 rings (SSSR count). The van der Waals surface area contributed by atoms with Gasteiger partial charge < -0.3 is 9.84 Å². The molecule has 0 saturated carbocycles. The van der Waals surface area contributed by atoms with Gasteiger partial charge in [-0.3, -0.25) is 4.68 Å². The normalized spacial score (nSPS) is 10.7. The Morgan fingerprint density at radius 2 is 2.25 bits per heavy atom. The van der Waals surface area contributed by atoms with Crippen molar-refractivity contribution in [1.82, 2.24) is 14.8 Å². The summed E-state index contributed by atoms with van der Waals surface area (Å²) in [5.41, 5.74) is 1.40. The van der Waals surface area contributed by atoms with E-state index in [0.29, 0.717) is 5.65 Å². The summed E-state index contributed by atoms with van der Waals surface area (Å²) < 4.78 is 6.54. The summed E-state index contributed by atoms with van der Waals surface area (Å²) in [7, 11) is 3.14. The first kappa shape index (κ1) is 10.4. The molecule has 2 heterocycles. The molecule has 6 heteroatoms. The van der Waals surface area contributed by atoms with Crippen molar-refractivity contribution in [2.24, 2.45) is 7.05 Å². The van der Waals surface area contributed by atoms with Crippen LogP contribution < -0.4 is 4.74 Å². The predicted molar refractivity (Wildman–Crippen MR) is 56.8 cm³/mol. The van der Waals surface area contributed by atoms with Crippen LogP contribution in [-0.2, 0) is 7.05 Å². The number of rotatable bonds is 2. The van der Waals surface area contributed by atoms with Crippen LogP contribution in [0.1, 0.15) is 16.1 Å². The van der Waals surface area contributed by atoms with Crippen molar-refractivity contribution in [3.8, 4) is 5.88 Å². The van der Waals surface area contributed by atoms with E-state index in [1.807, 2.05) is 6.92 Å². The summed E-state index contributed by atoms with van der Waals surface area (Å²) in [5, 5.41) is 13.9. The van der Waals surface area contributed by atoms with Crippen molar-refractivity contribution in [3.63, 3.8) is 0 Å². The van der Waals surface area contributed by atoms with E-state index >= 15 is 0 Å². The van der Waals surface area contributed by atoms with Crippen molar-refractivity contribution in [1.29, 1.82) is 0 Å². The Kier molecular flexibility index (Phi) is 2.26. The number of hydrogen-bond acceptors (Lipinski definition) is 4. The summed E-state index contributed by atoms with van der Waals surface area (Å²) in [5.74, 6) is -0.961. The Bertz CT molecular complexity index is 574. The zero-order valence-corrected chi connectivity index (χ0v) is 9.18. The highest BCUT2D eigenvalue weighted by Gasteiger charge is 2.17. The number of aromatic nitrogens is 3. The molecule has 84 valence electrons. The lowest BCUT2D eigenvalue weighted by Crippen LogP contribution is -2.03. The molecule has 0 atom stereocenters. The first-order valence-electron chi connectivity index (χ1n) is 4.66. The van der Waals surface area contributed by atoms with Crippen LogP contribution >= 0.6 is 0 Å². The number of pyridine rings is 1. The minimum atomic E-state index is -1.06. The Morgan fingerprint density at radius 1 is 1.56 bits per heavy atom. The number of hydrogen-bond donors (Lipinski definition) is 1. The third-order valence-electron chi connectivity index (χ3n) is 2.39. The topological polar surface area (TPSA) is 77.2 Å². The molecule has 0 radical (unpaired) electrons. The van der Waals surface area contributed by atoms with Gasteiger partial charge >= 0.3 is 5.97 Å². The first-order valence-corrected chi connectivity index (χ1v) is 4.66. The molecule has 0 fully saturated rings. The van der Waals surface area contributed by atoms with E-state index in [1.54, 1.807) is 11.7 Å². The fraction of sp³-hybridized carbons (Fsp3) is 0.300. The third-order valence-corrected chi connectivity index (χ3v) is 2.39. The van der Waals surface area contributed by atoms with Crippen LogP contribution in [0.3, 0.4) is 0 Å². The SMILES string of the molecule is COc1nc2c(cc1C(=O)O)c(C)nn2C. The van der Waals surface area contributed by atoms with Gasteiger partial charge in [0.1, 0.15) is 5.56 Å². The highest BCUT2D eigenvalue weighted by atomic mass is 16.5. The number of fused-ring (bicyclic) bond motifs is 1. The molecular weight excluding hydrogens is 210 g/mol. The molecule has 0 aliphatic heterocycles. The molecule has 0 spiro atoms. The van der Waals surface area contributed by atoms with Gasteiger partial charge in [0, 0.05) is 12.4 Å². The molecule has 0 bridgehead atoms. The van der Waals surface area contributed by atoms with E-state index in [9.17, 15) is 4.79 Å². The monoisotopic (exact) mass is 221 g/mol. The number of aromatic carboxylic acids is 1. The van der Waals surface area contributed by atoms with Crippen molar-refractivity contribution >= 4 is 17.0 Å². The van der Waals surface area contributed by atoms with E-state index in [4.69, 9.17) is 9.84 Å². The molecule has 0 unspecified atom stereocenters. The summed E-state index contributed by atoms with van der Waals surface area (Å²) >= 11 is 0. The van der Waals surface area contributed by atoms with Crippen LogP contribution in [0.25, 0.3) is 11.0 Å². The number of ether oxygens (including phenoxy) is 1. The van der Waals surface area contributed by atoms with Gasteiger partial charge in [-0.1, -0.05) is 0 Å². The average Bonchev–Trinajstić information content (AvgIpc) is 2.52. The van der Waals surface area contributed by atoms with E-state index in [2.05, 4.69) is 10.1 Å². The second-order valence-electron chi connectivity index (χ2n) is 3.43. The second kappa shape index (κ2) is 3.48. The smallest absolute Gasteiger partial charge is 0.341 e. The van der Waals surface area contributed by atoms with Crippen LogP contribution in [-0.4, -0.2) is 33.0 Å². The number of carboxylic acid groups (broad SMARTS) is 1. The molecule has 0 aliphatic carbocycles. The van der Waals surface area contributed by atoms with Crippen LogP contribution in [0, 0.1) is 6.92 Å². The van der Waals surface area contributed by atoms with Crippen LogP contribution in [0.5, 0.6) is 5.88 Å². The maximum atomic E-state index is 11.0. The minimum Gasteiger partial charge on any atom is -0.480 e. The van der Waals surface area contributed by atoms with Crippen molar-refractivity contribution < 1.29 is 14.6 Å². The second-order valence-corrected chi connectivity index (χ2v) is 3.43. The van der Waals surface area contributed by atoms with Crippen molar-refractivity contribution in [2.75, 3.05) is 7.11 Å². The Balaban J connectivity index is 2.82. The van der Waals surface area contributed by atoms with Gasteiger partial charge in [0.15, 0.2) is 5.65 Å². The highest BCUT2D eigenvalue weighted by molar-refractivity contribution is 5.95. The molecule has 16 heavy (non-hydrogen) atoms. The molecule has 1 N–H and O–H groups in total. The lowest BCUT2D eigenvalue weighted by atomic mass is 10.2. The van der Waals surface area contributed by atoms with E-state index in [0.717, 1.165) is 11.1 Å². The molecule has 2 aromatic rings. The molecular formula is C10H11N3O3. The predicted octanol–water partition coefficient (Wildman–Crippen LogP) is 0.984. The van der Waals surface area contributed by atoms with Gasteiger partial charge in [-0.2, -0.15) is 10.1 Å². The van der Waals surface area contributed by atoms with Gasteiger partial charge in [-0.05, 0) is 13.0 Å². The van der Waals surface area contributed by atoms with Gasteiger partial charge in [0.25, 0.3) is 0 Å². The van der Waals surface area contributed by atoms with Gasteiger partial charge in [-0.25, -0.2) is 4.79 Å². The van der Waals surface area contributed by atoms with Crippen LogP contribution in [0.15, 0.2) is 6.07 Å². The number of nitrogens with zero attached hydrogens (tertiary/aromatic N) is 3. The molecule has 0 saturated heterocycles. The lowest BCUT2D eigenvalue weighted by Gasteiger charge is -2.04. The Labute approximate surface area is 91.5 Å². The maximum Gasteiger partial charge on any atom is 0.341 e. The van der Waals surface area contributed by atoms with Gasteiger partial charge in [0.2, 0.25) is 5.88 Å². The fourth-order valence-corrected chi connectivity index (χ4v) is 1.64. The maximum absolute atomic E-state index is 11.0. The number of carbonyl (C=O) groups is 1. The fourth-order valence-electron chi connectivity index (χ4n) is 1.64. The summed E-state index contributed by atoms with van der Waals surface area (Å²) in [6, 6.07) is 1.53. The number of methoxy groups -OCH3 is 1. The first-order chi connectivity index (χ1) is 7.54. The lowest BCUT2D eigenvalue weighted by molar-refractivity contribution is 0.0692. The quantitative estimate of drug-likeness (QED) is 0.818. The van der Waals surface area contributed by atoms with E-state index in [-0.39, 0.29) is 11.4 Å². The largest absolute Gasteiger partial charge is 0.480 e. The zero-order chi connectivity index (χ0) is 11.9. The average molecular weight is 221 g/mol. The van der Waals surface area contributed by atoms with Crippen LogP contribution in [0.2, 0.25) is 0 Å². The summed E-state index contributed by atoms with van der Waals surface area (Å²) in [4.78, 5) is 15.1. The molecule has 0 amide bonds. The van der Waals surface area contributed by atoms with E-state index < -0.39 is 5.97 Å². The number of carboxylic acids is 1. The van der Waals surface area contributed by atoms with E-state index in [1.165, 1.54) is 13.2 Å². The number of aryl methyl sites for hydroxylation is 2.